The van der Waals surface area contributed by atoms with Crippen LogP contribution in [0.2, 0.25) is 5.15 Å². The average Bonchev–Trinajstić information content (AvgIpc) is 2.12. The molecule has 0 unspecified atom stereocenters. The van der Waals surface area contributed by atoms with E-state index in [2.05, 4.69) is 9.97 Å². The molecule has 0 saturated carbocycles. The van der Waals surface area contributed by atoms with Crippen molar-refractivity contribution in [3.8, 4) is 0 Å². The van der Waals surface area contributed by atoms with E-state index >= 15 is 0 Å². The van der Waals surface area contributed by atoms with Crippen molar-refractivity contribution in [2.45, 2.75) is 6.92 Å². The van der Waals surface area contributed by atoms with Gasteiger partial charge in [-0.1, -0.05) is 11.6 Å². The second kappa shape index (κ2) is 3.06. The Bertz CT molecular complexity index is 564. The fraction of sp³-hybridized carbons (Fsp3) is 0.111. The van der Waals surface area contributed by atoms with Gasteiger partial charge in [0.1, 0.15) is 0 Å². The average molecular weight is 213 g/mol. The molecule has 0 bridgehead atoms. The highest BCUT2D eigenvalue weighted by Gasteiger charge is 2.09. The standard InChI is InChI=1S/C9H6ClFN2O/c1-4-2-5-6(9(14)13-4)3-12-8(10)7(5)11/h2-3H,1H3,(H,13,14). The molecule has 14 heavy (non-hydrogen) atoms. The van der Waals surface area contributed by atoms with Crippen LogP contribution in [0.1, 0.15) is 5.69 Å². The number of H-pyrrole nitrogens is 1. The number of nitrogens with one attached hydrogen (secondary N) is 1. The molecule has 3 nitrogen and oxygen atoms in total. The Morgan fingerprint density at radius 3 is 2.93 bits per heavy atom. The molecule has 1 N–H and O–H groups in total. The van der Waals surface area contributed by atoms with Gasteiger partial charge in [-0.3, -0.25) is 4.79 Å². The molecule has 0 fully saturated rings. The van der Waals surface area contributed by atoms with Crippen molar-refractivity contribution in [2.24, 2.45) is 0 Å². The SMILES string of the molecule is Cc1cc2c(F)c(Cl)ncc2c(=O)[nH]1. The maximum atomic E-state index is 13.4. The van der Waals surface area contributed by atoms with Gasteiger partial charge in [-0.25, -0.2) is 9.37 Å². The molecule has 72 valence electrons. The molecule has 0 aliphatic heterocycles. The van der Waals surface area contributed by atoms with E-state index in [1.165, 1.54) is 12.3 Å². The molecule has 0 radical (unpaired) electrons. The summed E-state index contributed by atoms with van der Waals surface area (Å²) >= 11 is 5.49. The van der Waals surface area contributed by atoms with Gasteiger partial charge in [0.05, 0.1) is 5.39 Å². The van der Waals surface area contributed by atoms with E-state index in [4.69, 9.17) is 11.6 Å². The quantitative estimate of drug-likeness (QED) is 0.679. The zero-order chi connectivity index (χ0) is 10.3. The van der Waals surface area contributed by atoms with Crippen molar-refractivity contribution >= 4 is 22.4 Å². The second-order valence-corrected chi connectivity index (χ2v) is 3.33. The summed E-state index contributed by atoms with van der Waals surface area (Å²) in [6, 6.07) is 1.53. The molecule has 0 aliphatic carbocycles. The van der Waals surface area contributed by atoms with Crippen LogP contribution in [-0.2, 0) is 0 Å². The third-order valence-electron chi connectivity index (χ3n) is 1.93. The zero-order valence-corrected chi connectivity index (χ0v) is 8.02. The summed E-state index contributed by atoms with van der Waals surface area (Å²) in [4.78, 5) is 17.5. The van der Waals surface area contributed by atoms with Crippen LogP contribution in [0.3, 0.4) is 0 Å². The first kappa shape index (κ1) is 9.15. The molecule has 0 saturated heterocycles. The summed E-state index contributed by atoms with van der Waals surface area (Å²) in [5, 5.41) is 0.186. The molecule has 2 rings (SSSR count). The Labute approximate surface area is 83.5 Å². The molecule has 0 atom stereocenters. The van der Waals surface area contributed by atoms with Crippen LogP contribution in [0.5, 0.6) is 0 Å². The van der Waals surface area contributed by atoms with E-state index in [1.54, 1.807) is 6.92 Å². The topological polar surface area (TPSA) is 45.8 Å². The predicted octanol–water partition coefficient (Wildman–Crippen LogP) is 2.02. The third kappa shape index (κ3) is 1.28. The van der Waals surface area contributed by atoms with Crippen LogP contribution in [0.15, 0.2) is 17.1 Å². The van der Waals surface area contributed by atoms with Gasteiger partial charge in [0.15, 0.2) is 11.0 Å². The highest BCUT2D eigenvalue weighted by atomic mass is 35.5. The number of rotatable bonds is 0. The zero-order valence-electron chi connectivity index (χ0n) is 7.27. The number of aromatic amines is 1. The van der Waals surface area contributed by atoms with E-state index in [1.807, 2.05) is 0 Å². The van der Waals surface area contributed by atoms with Crippen molar-refractivity contribution in [2.75, 3.05) is 0 Å². The lowest BCUT2D eigenvalue weighted by atomic mass is 10.2. The van der Waals surface area contributed by atoms with Gasteiger partial charge in [0.2, 0.25) is 0 Å². The molecule has 0 aliphatic rings. The first-order valence-corrected chi connectivity index (χ1v) is 4.31. The number of pyridine rings is 2. The lowest BCUT2D eigenvalue weighted by Crippen LogP contribution is -2.08. The molecule has 0 aromatic carbocycles. The number of fused-ring (bicyclic) bond motifs is 1. The Morgan fingerprint density at radius 1 is 1.50 bits per heavy atom. The number of aromatic nitrogens is 2. The fourth-order valence-corrected chi connectivity index (χ4v) is 1.45. The molecule has 2 aromatic rings. The lowest BCUT2D eigenvalue weighted by molar-refractivity contribution is 0.634. The first-order chi connectivity index (χ1) is 6.59. The van der Waals surface area contributed by atoms with Crippen molar-refractivity contribution in [1.29, 1.82) is 0 Å². The van der Waals surface area contributed by atoms with Gasteiger partial charge in [0, 0.05) is 17.3 Å². The van der Waals surface area contributed by atoms with Gasteiger partial charge < -0.3 is 4.98 Å². The van der Waals surface area contributed by atoms with Crippen molar-refractivity contribution in [1.82, 2.24) is 9.97 Å². The minimum Gasteiger partial charge on any atom is -0.326 e. The Kier molecular flexibility index (Phi) is 2.00. The molecule has 0 spiro atoms. The van der Waals surface area contributed by atoms with Gasteiger partial charge in [-0.2, -0.15) is 0 Å². The van der Waals surface area contributed by atoms with Gasteiger partial charge in [-0.05, 0) is 13.0 Å². The van der Waals surface area contributed by atoms with Crippen LogP contribution < -0.4 is 5.56 Å². The maximum absolute atomic E-state index is 13.4. The number of halogens is 2. The van der Waals surface area contributed by atoms with Gasteiger partial charge >= 0.3 is 0 Å². The summed E-state index contributed by atoms with van der Waals surface area (Å²) in [6.07, 6.45) is 1.26. The third-order valence-corrected chi connectivity index (χ3v) is 2.19. The number of nitrogens with zero attached hydrogens (tertiary/aromatic N) is 1. The highest BCUT2D eigenvalue weighted by Crippen LogP contribution is 2.19. The monoisotopic (exact) mass is 212 g/mol. The van der Waals surface area contributed by atoms with Crippen LogP contribution >= 0.6 is 11.6 Å². The molecule has 2 heterocycles. The fourth-order valence-electron chi connectivity index (χ4n) is 1.30. The second-order valence-electron chi connectivity index (χ2n) is 2.97. The molecular weight excluding hydrogens is 207 g/mol. The van der Waals surface area contributed by atoms with Crippen molar-refractivity contribution in [3.05, 3.63) is 39.3 Å². The van der Waals surface area contributed by atoms with Crippen LogP contribution in [-0.4, -0.2) is 9.97 Å². The van der Waals surface area contributed by atoms with E-state index < -0.39 is 5.82 Å². The number of hydrogen-bond acceptors (Lipinski definition) is 2. The molecule has 2 aromatic heterocycles. The summed E-state index contributed by atoms with van der Waals surface area (Å²) in [5.41, 5.74) is 0.228. The molecule has 5 heteroatoms. The van der Waals surface area contributed by atoms with E-state index in [9.17, 15) is 9.18 Å². The first-order valence-electron chi connectivity index (χ1n) is 3.93. The Morgan fingerprint density at radius 2 is 2.21 bits per heavy atom. The maximum Gasteiger partial charge on any atom is 0.257 e. The Balaban J connectivity index is 3.03. The van der Waals surface area contributed by atoms with E-state index in [0.717, 1.165) is 0 Å². The number of hydrogen-bond donors (Lipinski definition) is 1. The summed E-state index contributed by atoms with van der Waals surface area (Å²) in [6.45, 7) is 1.68. The Hall–Kier alpha value is -1.42. The summed E-state index contributed by atoms with van der Waals surface area (Å²) in [7, 11) is 0. The van der Waals surface area contributed by atoms with E-state index in [0.29, 0.717) is 5.69 Å². The smallest absolute Gasteiger partial charge is 0.257 e. The van der Waals surface area contributed by atoms with Crippen molar-refractivity contribution < 1.29 is 4.39 Å². The van der Waals surface area contributed by atoms with Gasteiger partial charge in [0.25, 0.3) is 5.56 Å². The molecule has 0 amide bonds. The van der Waals surface area contributed by atoms with Crippen molar-refractivity contribution in [3.63, 3.8) is 0 Å². The number of aryl methyl sites for hydroxylation is 1. The highest BCUT2D eigenvalue weighted by molar-refractivity contribution is 6.30. The largest absolute Gasteiger partial charge is 0.326 e. The van der Waals surface area contributed by atoms with Gasteiger partial charge in [-0.15, -0.1) is 0 Å². The minimum atomic E-state index is -0.654. The summed E-state index contributed by atoms with van der Waals surface area (Å²) < 4.78 is 13.4. The molecular formula is C9H6ClFN2O. The minimum absolute atomic E-state index is 0.200. The van der Waals surface area contributed by atoms with Crippen LogP contribution in [0.4, 0.5) is 4.39 Å². The summed E-state index contributed by atoms with van der Waals surface area (Å²) in [5.74, 6) is -0.654. The predicted molar refractivity (Wildman–Crippen MR) is 52.1 cm³/mol. The van der Waals surface area contributed by atoms with E-state index in [-0.39, 0.29) is 21.5 Å². The van der Waals surface area contributed by atoms with Crippen LogP contribution in [0, 0.1) is 12.7 Å². The van der Waals surface area contributed by atoms with Crippen LogP contribution in [0.25, 0.3) is 10.8 Å². The lowest BCUT2D eigenvalue weighted by Gasteiger charge is -2.00. The normalized spacial score (nSPS) is 10.8.